The number of amides is 4. The summed E-state index contributed by atoms with van der Waals surface area (Å²) in [5.41, 5.74) is 10.6. The van der Waals surface area contributed by atoms with Crippen LogP contribution < -0.4 is 11.5 Å². The summed E-state index contributed by atoms with van der Waals surface area (Å²) in [6.45, 7) is 1.77. The quantitative estimate of drug-likeness (QED) is 0.619. The number of nitrogens with two attached hydrogens (primary N) is 2. The summed E-state index contributed by atoms with van der Waals surface area (Å²) < 4.78 is 0. The monoisotopic (exact) mass is 271 g/mol. The van der Waals surface area contributed by atoms with Gasteiger partial charge in [-0.15, -0.1) is 0 Å². The first-order valence-electron chi connectivity index (χ1n) is 6.12. The normalized spacial score (nSPS) is 17.0. The van der Waals surface area contributed by atoms with Gasteiger partial charge in [-0.05, 0) is 0 Å². The Kier molecular flexibility index (Phi) is 5.11. The first-order valence-corrected chi connectivity index (χ1v) is 6.12. The van der Waals surface area contributed by atoms with Crippen molar-refractivity contribution in [1.29, 1.82) is 0 Å². The Balaban J connectivity index is 2.47. The Hall–Kier alpha value is -1.83. The highest BCUT2D eigenvalue weighted by molar-refractivity contribution is 5.87. The van der Waals surface area contributed by atoms with Crippen LogP contribution in [0.1, 0.15) is 6.42 Å². The molecule has 108 valence electrons. The molecule has 1 heterocycles. The maximum atomic E-state index is 11.9. The van der Waals surface area contributed by atoms with Crippen LogP contribution in [0, 0.1) is 0 Å². The first kappa shape index (κ1) is 15.2. The van der Waals surface area contributed by atoms with Crippen molar-refractivity contribution in [2.45, 2.75) is 12.5 Å². The van der Waals surface area contributed by atoms with Crippen molar-refractivity contribution < 1.29 is 14.4 Å². The molecule has 8 heteroatoms. The minimum Gasteiger partial charge on any atom is -0.370 e. The van der Waals surface area contributed by atoms with Gasteiger partial charge in [0.1, 0.15) is 0 Å². The Morgan fingerprint density at radius 2 is 1.58 bits per heavy atom. The standard InChI is InChI=1S/C11H21N5O3/c1-14(2)11(19)16-5-3-15(4-6-16)10(18)8(12)7-9(13)17/h8H,3-7,12H2,1-2H3,(H2,13,17). The number of primary amides is 1. The van der Waals surface area contributed by atoms with Gasteiger partial charge in [0.2, 0.25) is 11.8 Å². The van der Waals surface area contributed by atoms with Gasteiger partial charge in [-0.1, -0.05) is 0 Å². The largest absolute Gasteiger partial charge is 0.370 e. The number of urea groups is 1. The zero-order valence-corrected chi connectivity index (χ0v) is 11.3. The van der Waals surface area contributed by atoms with E-state index >= 15 is 0 Å². The van der Waals surface area contributed by atoms with E-state index in [-0.39, 0.29) is 18.4 Å². The third-order valence-corrected chi connectivity index (χ3v) is 2.98. The number of carbonyl (C=O) groups excluding carboxylic acids is 3. The van der Waals surface area contributed by atoms with Crippen molar-refractivity contribution in [3.8, 4) is 0 Å². The first-order chi connectivity index (χ1) is 8.82. The average Bonchev–Trinajstić information content (AvgIpc) is 2.36. The third kappa shape index (κ3) is 4.09. The molecular weight excluding hydrogens is 250 g/mol. The van der Waals surface area contributed by atoms with Gasteiger partial charge in [0, 0.05) is 40.3 Å². The third-order valence-electron chi connectivity index (χ3n) is 2.98. The molecule has 0 bridgehead atoms. The highest BCUT2D eigenvalue weighted by Gasteiger charge is 2.28. The van der Waals surface area contributed by atoms with Crippen LogP contribution in [0.4, 0.5) is 4.79 Å². The summed E-state index contributed by atoms with van der Waals surface area (Å²) in [5.74, 6) is -0.891. The lowest BCUT2D eigenvalue weighted by Crippen LogP contribution is -2.56. The van der Waals surface area contributed by atoms with Crippen LogP contribution in [0.25, 0.3) is 0 Å². The molecule has 8 nitrogen and oxygen atoms in total. The van der Waals surface area contributed by atoms with Crippen molar-refractivity contribution >= 4 is 17.8 Å². The fraction of sp³-hybridized carbons (Fsp3) is 0.727. The van der Waals surface area contributed by atoms with Gasteiger partial charge in [0.05, 0.1) is 12.5 Å². The second kappa shape index (κ2) is 6.37. The summed E-state index contributed by atoms with van der Waals surface area (Å²) in [5, 5.41) is 0. The smallest absolute Gasteiger partial charge is 0.319 e. The van der Waals surface area contributed by atoms with Gasteiger partial charge in [0.25, 0.3) is 0 Å². The van der Waals surface area contributed by atoms with Crippen LogP contribution >= 0.6 is 0 Å². The zero-order valence-electron chi connectivity index (χ0n) is 11.3. The molecule has 1 aliphatic rings. The van der Waals surface area contributed by atoms with E-state index in [9.17, 15) is 14.4 Å². The molecule has 1 unspecified atom stereocenters. The Bertz CT molecular complexity index is 363. The van der Waals surface area contributed by atoms with Crippen LogP contribution in [0.3, 0.4) is 0 Å². The molecule has 0 aromatic heterocycles. The van der Waals surface area contributed by atoms with E-state index in [0.29, 0.717) is 26.2 Å². The molecular formula is C11H21N5O3. The Labute approximate surface area is 112 Å². The van der Waals surface area contributed by atoms with Crippen molar-refractivity contribution in [3.05, 3.63) is 0 Å². The second-order valence-corrected chi connectivity index (χ2v) is 4.77. The number of rotatable bonds is 3. The summed E-state index contributed by atoms with van der Waals surface area (Å²) in [6.07, 6.45) is -0.157. The molecule has 19 heavy (non-hydrogen) atoms. The Morgan fingerprint density at radius 3 is 2.00 bits per heavy atom. The molecule has 1 aliphatic heterocycles. The topological polar surface area (TPSA) is 113 Å². The number of carbonyl (C=O) groups is 3. The van der Waals surface area contributed by atoms with Crippen LogP contribution in [-0.2, 0) is 9.59 Å². The van der Waals surface area contributed by atoms with Crippen molar-refractivity contribution in [2.24, 2.45) is 11.5 Å². The summed E-state index contributed by atoms with van der Waals surface area (Å²) in [6, 6.07) is -0.970. The summed E-state index contributed by atoms with van der Waals surface area (Å²) in [4.78, 5) is 39.1. The summed E-state index contributed by atoms with van der Waals surface area (Å²) >= 11 is 0. The van der Waals surface area contributed by atoms with E-state index in [0.717, 1.165) is 0 Å². The van der Waals surface area contributed by atoms with Crippen molar-refractivity contribution in [2.75, 3.05) is 40.3 Å². The minimum atomic E-state index is -0.895. The molecule has 0 aromatic carbocycles. The minimum absolute atomic E-state index is 0.0754. The molecule has 1 rings (SSSR count). The molecule has 1 fully saturated rings. The van der Waals surface area contributed by atoms with E-state index in [1.807, 2.05) is 0 Å². The Morgan fingerprint density at radius 1 is 1.11 bits per heavy atom. The van der Waals surface area contributed by atoms with E-state index in [2.05, 4.69) is 0 Å². The molecule has 4 amide bonds. The molecule has 4 N–H and O–H groups in total. The lowest BCUT2D eigenvalue weighted by molar-refractivity contribution is -0.135. The maximum absolute atomic E-state index is 11.9. The van der Waals surface area contributed by atoms with E-state index in [1.165, 1.54) is 4.90 Å². The zero-order chi connectivity index (χ0) is 14.6. The predicted molar refractivity (Wildman–Crippen MR) is 69.0 cm³/mol. The molecule has 1 atom stereocenters. The van der Waals surface area contributed by atoms with Crippen LogP contribution in [0.15, 0.2) is 0 Å². The SMILES string of the molecule is CN(C)C(=O)N1CCN(C(=O)C(N)CC(N)=O)CC1. The number of piperazine rings is 1. The van der Waals surface area contributed by atoms with E-state index in [4.69, 9.17) is 11.5 Å². The van der Waals surface area contributed by atoms with E-state index in [1.54, 1.807) is 23.9 Å². The highest BCUT2D eigenvalue weighted by Crippen LogP contribution is 2.06. The molecule has 0 radical (unpaired) electrons. The molecule has 0 spiro atoms. The molecule has 0 aromatic rings. The van der Waals surface area contributed by atoms with Crippen molar-refractivity contribution in [3.63, 3.8) is 0 Å². The summed E-state index contributed by atoms with van der Waals surface area (Å²) in [7, 11) is 3.37. The van der Waals surface area contributed by atoms with E-state index < -0.39 is 11.9 Å². The van der Waals surface area contributed by atoms with Gasteiger partial charge in [0.15, 0.2) is 0 Å². The molecule has 1 saturated heterocycles. The maximum Gasteiger partial charge on any atom is 0.319 e. The van der Waals surface area contributed by atoms with Gasteiger partial charge < -0.3 is 26.2 Å². The fourth-order valence-corrected chi connectivity index (χ4v) is 1.94. The lowest BCUT2D eigenvalue weighted by atomic mass is 10.1. The van der Waals surface area contributed by atoms with Crippen LogP contribution in [-0.4, -0.2) is 78.9 Å². The van der Waals surface area contributed by atoms with Crippen molar-refractivity contribution in [1.82, 2.24) is 14.7 Å². The van der Waals surface area contributed by atoms with Gasteiger partial charge in [-0.25, -0.2) is 4.79 Å². The number of nitrogens with zero attached hydrogens (tertiary/aromatic N) is 3. The fourth-order valence-electron chi connectivity index (χ4n) is 1.94. The van der Waals surface area contributed by atoms with Crippen LogP contribution in [0.5, 0.6) is 0 Å². The lowest BCUT2D eigenvalue weighted by Gasteiger charge is -2.36. The molecule has 0 aliphatic carbocycles. The number of hydrogen-bond acceptors (Lipinski definition) is 4. The average molecular weight is 271 g/mol. The molecule has 0 saturated carbocycles. The highest BCUT2D eigenvalue weighted by atomic mass is 16.2. The second-order valence-electron chi connectivity index (χ2n) is 4.77. The predicted octanol–water partition coefficient (Wildman–Crippen LogP) is -1.99. The van der Waals surface area contributed by atoms with Gasteiger partial charge >= 0.3 is 6.03 Å². The van der Waals surface area contributed by atoms with Crippen LogP contribution in [0.2, 0.25) is 0 Å². The van der Waals surface area contributed by atoms with Gasteiger partial charge in [-0.3, -0.25) is 9.59 Å². The number of hydrogen-bond donors (Lipinski definition) is 2. The van der Waals surface area contributed by atoms with Gasteiger partial charge in [-0.2, -0.15) is 0 Å².